The maximum atomic E-state index is 13.5. The molecule has 1 aliphatic heterocycles. The van der Waals surface area contributed by atoms with Crippen LogP contribution in [-0.4, -0.2) is 58.1 Å². The van der Waals surface area contributed by atoms with Crippen LogP contribution in [0.1, 0.15) is 37.2 Å². The summed E-state index contributed by atoms with van der Waals surface area (Å²) in [7, 11) is 1.46. The van der Waals surface area contributed by atoms with Crippen LogP contribution in [0.5, 0.6) is 11.5 Å². The summed E-state index contributed by atoms with van der Waals surface area (Å²) >= 11 is 3.18. The molecule has 2 N–H and O–H groups in total. The van der Waals surface area contributed by atoms with Crippen molar-refractivity contribution in [3.05, 3.63) is 57.1 Å². The number of hydrogen-bond acceptors (Lipinski definition) is 7. The van der Waals surface area contributed by atoms with Crippen LogP contribution in [0.2, 0.25) is 0 Å². The molecule has 0 radical (unpaired) electrons. The number of methoxy groups -OCH3 is 1. The first-order valence-electron chi connectivity index (χ1n) is 12.0. The standard InChI is InChI=1S/C27H24BrNO8/c1-37-12-4-5-14(19(30)9-12)22-13-6-7-15-23(27(36)29(26(15)35)8-2-3-21(32)33)16(13)10-17-24(22)20(31)11-18(28)25(17)34/h4-6,9,11,15-16,22-23,30H,2-3,7-8,10H2,1H3,(H,32,33). The highest BCUT2D eigenvalue weighted by Gasteiger charge is 2.56. The summed E-state index contributed by atoms with van der Waals surface area (Å²) < 4.78 is 5.32. The Hall–Kier alpha value is -3.53. The molecule has 0 bridgehead atoms. The first-order chi connectivity index (χ1) is 17.6. The van der Waals surface area contributed by atoms with Crippen LogP contribution in [-0.2, 0) is 24.0 Å². The van der Waals surface area contributed by atoms with Crippen molar-refractivity contribution < 1.29 is 38.9 Å². The van der Waals surface area contributed by atoms with Crippen LogP contribution in [0.15, 0.2) is 51.6 Å². The number of imide groups is 1. The molecule has 1 fully saturated rings. The number of carboxylic acids is 1. The number of hydrogen-bond donors (Lipinski definition) is 2. The van der Waals surface area contributed by atoms with Crippen molar-refractivity contribution in [1.29, 1.82) is 0 Å². The van der Waals surface area contributed by atoms with E-state index in [4.69, 9.17) is 9.84 Å². The Kier molecular flexibility index (Phi) is 6.39. The fraction of sp³-hybridized carbons (Fsp3) is 0.370. The molecule has 4 aliphatic rings. The zero-order valence-electron chi connectivity index (χ0n) is 19.9. The summed E-state index contributed by atoms with van der Waals surface area (Å²) in [5.74, 6) is -4.79. The van der Waals surface area contributed by atoms with Crippen LogP contribution in [0.3, 0.4) is 0 Å². The zero-order chi connectivity index (χ0) is 26.6. The van der Waals surface area contributed by atoms with Crippen molar-refractivity contribution >= 4 is 45.3 Å². The van der Waals surface area contributed by atoms with E-state index in [0.717, 1.165) is 10.5 Å². The average molecular weight is 570 g/mol. The fourth-order valence-corrected chi connectivity index (χ4v) is 6.58. The van der Waals surface area contributed by atoms with E-state index in [1.165, 1.54) is 19.3 Å². The van der Waals surface area contributed by atoms with E-state index in [2.05, 4.69) is 15.9 Å². The number of likely N-dealkylation sites (tertiary alicyclic amines) is 1. The minimum absolute atomic E-state index is 0.0152. The molecule has 0 aromatic heterocycles. The van der Waals surface area contributed by atoms with Gasteiger partial charge in [-0.25, -0.2) is 0 Å². The third-order valence-electron chi connectivity index (χ3n) is 7.74. The third-order valence-corrected chi connectivity index (χ3v) is 8.33. The molecule has 1 saturated heterocycles. The lowest BCUT2D eigenvalue weighted by Crippen LogP contribution is -2.39. The molecule has 1 aromatic carbocycles. The molecule has 4 unspecified atom stereocenters. The van der Waals surface area contributed by atoms with Gasteiger partial charge in [0, 0.05) is 47.7 Å². The third kappa shape index (κ3) is 4.03. The SMILES string of the molecule is COc1ccc(C2C3=CCC4C(=O)N(CCCC(=O)O)C(=O)C4C3CC3=C2C(=O)C=C(Br)C3=O)c(O)c1. The number of amides is 2. The molecule has 9 nitrogen and oxygen atoms in total. The molecule has 192 valence electrons. The number of allylic oxidation sites excluding steroid dienone is 6. The van der Waals surface area contributed by atoms with Crippen LogP contribution < -0.4 is 4.74 Å². The first-order valence-corrected chi connectivity index (χ1v) is 12.8. The predicted molar refractivity (Wildman–Crippen MR) is 133 cm³/mol. The summed E-state index contributed by atoms with van der Waals surface area (Å²) in [6, 6.07) is 4.73. The Morgan fingerprint density at radius 2 is 1.92 bits per heavy atom. The molecule has 2 amide bonds. The van der Waals surface area contributed by atoms with Gasteiger partial charge in [0.1, 0.15) is 11.5 Å². The van der Waals surface area contributed by atoms with Gasteiger partial charge < -0.3 is 14.9 Å². The quantitative estimate of drug-likeness (QED) is 0.303. The monoisotopic (exact) mass is 569 g/mol. The lowest BCUT2D eigenvalue weighted by molar-refractivity contribution is -0.142. The molecule has 5 rings (SSSR count). The van der Waals surface area contributed by atoms with Crippen LogP contribution in [0, 0.1) is 17.8 Å². The maximum absolute atomic E-state index is 13.5. The molecule has 3 aliphatic carbocycles. The van der Waals surface area contributed by atoms with Crippen molar-refractivity contribution in [3.63, 3.8) is 0 Å². The summed E-state index contributed by atoms with van der Waals surface area (Å²) in [6.07, 6.45) is 3.47. The number of carbonyl (C=O) groups is 5. The summed E-state index contributed by atoms with van der Waals surface area (Å²) in [6.45, 7) is 0.0152. The number of phenolic OH excluding ortho intramolecular Hbond substituents is 1. The first kappa shape index (κ1) is 25.1. The number of ketones is 2. The maximum Gasteiger partial charge on any atom is 0.303 e. The average Bonchev–Trinajstić information content (AvgIpc) is 3.11. The zero-order valence-corrected chi connectivity index (χ0v) is 21.5. The van der Waals surface area contributed by atoms with Gasteiger partial charge in [0.2, 0.25) is 11.8 Å². The second-order valence-electron chi connectivity index (χ2n) is 9.64. The Balaban J connectivity index is 1.59. The van der Waals surface area contributed by atoms with Crippen LogP contribution in [0.4, 0.5) is 0 Å². The molecule has 1 heterocycles. The van der Waals surface area contributed by atoms with E-state index < -0.39 is 29.6 Å². The van der Waals surface area contributed by atoms with E-state index in [1.807, 2.05) is 6.08 Å². The van der Waals surface area contributed by atoms with Crippen molar-refractivity contribution in [1.82, 2.24) is 4.90 Å². The number of nitrogens with zero attached hydrogens (tertiary/aromatic N) is 1. The number of aliphatic carboxylic acids is 1. The Morgan fingerprint density at radius 1 is 1.16 bits per heavy atom. The van der Waals surface area contributed by atoms with Gasteiger partial charge in [0.15, 0.2) is 11.6 Å². The van der Waals surface area contributed by atoms with Gasteiger partial charge in [-0.2, -0.15) is 0 Å². The molecule has 4 atom stereocenters. The van der Waals surface area contributed by atoms with Crippen molar-refractivity contribution in [2.75, 3.05) is 13.7 Å². The second-order valence-corrected chi connectivity index (χ2v) is 10.5. The van der Waals surface area contributed by atoms with Gasteiger partial charge in [0.05, 0.1) is 23.4 Å². The molecule has 37 heavy (non-hydrogen) atoms. The minimum Gasteiger partial charge on any atom is -0.507 e. The summed E-state index contributed by atoms with van der Waals surface area (Å²) in [5, 5.41) is 19.8. The second kappa shape index (κ2) is 9.41. The number of aromatic hydroxyl groups is 1. The van der Waals surface area contributed by atoms with Crippen LogP contribution in [0.25, 0.3) is 0 Å². The van der Waals surface area contributed by atoms with Gasteiger partial charge in [-0.15, -0.1) is 0 Å². The van der Waals surface area contributed by atoms with Gasteiger partial charge in [-0.1, -0.05) is 17.7 Å². The molecule has 0 saturated carbocycles. The smallest absolute Gasteiger partial charge is 0.303 e. The van der Waals surface area contributed by atoms with Gasteiger partial charge in [-0.05, 0) is 47.2 Å². The largest absolute Gasteiger partial charge is 0.507 e. The lowest BCUT2D eigenvalue weighted by atomic mass is 9.59. The van der Waals surface area contributed by atoms with Crippen molar-refractivity contribution in [3.8, 4) is 11.5 Å². The minimum atomic E-state index is -1.01. The number of carboxylic acid groups (broad SMARTS) is 1. The lowest BCUT2D eigenvalue weighted by Gasteiger charge is -2.42. The fourth-order valence-electron chi connectivity index (χ4n) is 6.13. The van der Waals surface area contributed by atoms with Crippen molar-refractivity contribution in [2.24, 2.45) is 17.8 Å². The normalized spacial score (nSPS) is 26.9. The summed E-state index contributed by atoms with van der Waals surface area (Å²) in [4.78, 5) is 65.2. The van der Waals surface area contributed by atoms with Gasteiger partial charge in [0.25, 0.3) is 0 Å². The number of benzene rings is 1. The highest BCUT2D eigenvalue weighted by atomic mass is 79.9. The molecule has 1 aromatic rings. The number of Topliss-reactive ketones (excluding diaryl/α,β-unsaturated/α-hetero) is 1. The number of halogens is 1. The number of ether oxygens (including phenoxy) is 1. The number of fused-ring (bicyclic) bond motifs is 3. The Morgan fingerprint density at radius 3 is 2.59 bits per heavy atom. The molecular weight excluding hydrogens is 546 g/mol. The van der Waals surface area contributed by atoms with E-state index in [1.54, 1.807) is 12.1 Å². The Labute approximate surface area is 220 Å². The summed E-state index contributed by atoms with van der Waals surface area (Å²) in [5.41, 5.74) is 1.67. The van der Waals surface area contributed by atoms with E-state index in [9.17, 15) is 29.1 Å². The highest BCUT2D eigenvalue weighted by Crippen LogP contribution is 2.56. The van der Waals surface area contributed by atoms with Crippen LogP contribution >= 0.6 is 15.9 Å². The molecular formula is C27H24BrNO8. The van der Waals surface area contributed by atoms with Gasteiger partial charge in [-0.3, -0.25) is 28.9 Å². The molecule has 0 spiro atoms. The van der Waals surface area contributed by atoms with E-state index in [0.29, 0.717) is 11.3 Å². The highest BCUT2D eigenvalue weighted by molar-refractivity contribution is 9.12. The predicted octanol–water partition coefficient (Wildman–Crippen LogP) is 3.03. The number of phenols is 1. The topological polar surface area (TPSA) is 138 Å². The number of rotatable bonds is 6. The van der Waals surface area contributed by atoms with E-state index >= 15 is 0 Å². The van der Waals surface area contributed by atoms with Gasteiger partial charge >= 0.3 is 5.97 Å². The number of carbonyl (C=O) groups excluding carboxylic acids is 4. The Bertz CT molecular complexity index is 1360. The van der Waals surface area contributed by atoms with E-state index in [-0.39, 0.29) is 77.0 Å². The van der Waals surface area contributed by atoms with Crippen molar-refractivity contribution in [2.45, 2.75) is 31.6 Å². The molecule has 10 heteroatoms.